The maximum Gasteiger partial charge on any atom is 0.256 e. The van der Waals surface area contributed by atoms with Crippen LogP contribution in [0.4, 0.5) is 8.78 Å². The minimum absolute atomic E-state index is 0.168. The predicted molar refractivity (Wildman–Crippen MR) is 73.5 cm³/mol. The van der Waals surface area contributed by atoms with E-state index in [1.807, 2.05) is 7.05 Å². The zero-order valence-electron chi connectivity index (χ0n) is 11.7. The first-order valence-corrected chi connectivity index (χ1v) is 7.01. The highest BCUT2D eigenvalue weighted by Gasteiger charge is 2.25. The average Bonchev–Trinajstić information content (AvgIpc) is 2.48. The Bertz CT molecular complexity index is 471. The second kappa shape index (κ2) is 6.79. The predicted octanol–water partition coefficient (Wildman–Crippen LogP) is 2.43. The smallest absolute Gasteiger partial charge is 0.256 e. The summed E-state index contributed by atoms with van der Waals surface area (Å²) in [6, 6.07) is 3.73. The number of benzene rings is 1. The molecule has 1 aromatic rings. The molecule has 1 aliphatic rings. The van der Waals surface area contributed by atoms with Gasteiger partial charge in [0, 0.05) is 13.1 Å². The lowest BCUT2D eigenvalue weighted by Crippen LogP contribution is -2.39. The lowest BCUT2D eigenvalue weighted by molar-refractivity contribution is 0.0681. The van der Waals surface area contributed by atoms with Crippen LogP contribution in [0.3, 0.4) is 0 Å². The third-order valence-electron chi connectivity index (χ3n) is 3.89. The van der Waals surface area contributed by atoms with E-state index >= 15 is 0 Å². The Hall–Kier alpha value is -1.49. The quantitative estimate of drug-likeness (QED) is 0.920. The van der Waals surface area contributed by atoms with Gasteiger partial charge in [0.2, 0.25) is 0 Å². The van der Waals surface area contributed by atoms with Gasteiger partial charge in [-0.25, -0.2) is 8.78 Å². The third kappa shape index (κ3) is 3.33. The Morgan fingerprint density at radius 3 is 2.70 bits per heavy atom. The molecule has 1 amide bonds. The van der Waals surface area contributed by atoms with Crippen molar-refractivity contribution < 1.29 is 13.6 Å². The summed E-state index contributed by atoms with van der Waals surface area (Å²) in [5.41, 5.74) is -0.168. The molecule has 1 aromatic carbocycles. The maximum atomic E-state index is 13.6. The van der Waals surface area contributed by atoms with Crippen molar-refractivity contribution in [2.24, 2.45) is 5.92 Å². The Balaban J connectivity index is 1.96. The number of hydrogen-bond acceptors (Lipinski definition) is 2. The largest absolute Gasteiger partial charge is 0.339 e. The number of hydrogen-bond donors (Lipinski definition) is 1. The van der Waals surface area contributed by atoms with Gasteiger partial charge in [-0.15, -0.1) is 0 Å². The van der Waals surface area contributed by atoms with Gasteiger partial charge in [-0.1, -0.05) is 6.07 Å². The second-order valence-electron chi connectivity index (χ2n) is 5.23. The van der Waals surface area contributed by atoms with E-state index in [0.717, 1.165) is 31.9 Å². The highest BCUT2D eigenvalue weighted by atomic mass is 19.2. The number of nitrogens with one attached hydrogen (secondary N) is 1. The van der Waals surface area contributed by atoms with Gasteiger partial charge in [0.05, 0.1) is 5.56 Å². The van der Waals surface area contributed by atoms with Crippen molar-refractivity contribution in [1.29, 1.82) is 0 Å². The molecule has 0 spiro atoms. The Morgan fingerprint density at radius 2 is 2.05 bits per heavy atom. The van der Waals surface area contributed by atoms with Crippen LogP contribution in [0.15, 0.2) is 18.2 Å². The van der Waals surface area contributed by atoms with Crippen molar-refractivity contribution >= 4 is 5.91 Å². The first kappa shape index (κ1) is 14.9. The van der Waals surface area contributed by atoms with Crippen molar-refractivity contribution in [3.05, 3.63) is 35.4 Å². The van der Waals surface area contributed by atoms with Gasteiger partial charge >= 0.3 is 0 Å². The molecule has 110 valence electrons. The summed E-state index contributed by atoms with van der Waals surface area (Å²) in [7, 11) is 1.92. The standard InChI is InChI=1S/C15H20F2N2O/c1-18-8-5-11-6-9-19(10-7-11)15(20)12-3-2-4-13(16)14(12)17/h2-4,11,18H,5-10H2,1H3. The number of halogens is 2. The fourth-order valence-electron chi connectivity index (χ4n) is 2.61. The number of piperidine rings is 1. The lowest BCUT2D eigenvalue weighted by Gasteiger charge is -2.32. The molecular weight excluding hydrogens is 262 g/mol. The molecule has 1 saturated heterocycles. The van der Waals surface area contributed by atoms with Crippen LogP contribution in [0, 0.1) is 17.6 Å². The summed E-state index contributed by atoms with van der Waals surface area (Å²) in [6.45, 7) is 2.20. The summed E-state index contributed by atoms with van der Waals surface area (Å²) in [5, 5.41) is 3.12. The topological polar surface area (TPSA) is 32.3 Å². The number of likely N-dealkylation sites (tertiary alicyclic amines) is 1. The van der Waals surface area contributed by atoms with Crippen molar-refractivity contribution in [3.63, 3.8) is 0 Å². The molecule has 0 bridgehead atoms. The third-order valence-corrected chi connectivity index (χ3v) is 3.89. The van der Waals surface area contributed by atoms with Crippen molar-refractivity contribution in [2.75, 3.05) is 26.7 Å². The maximum absolute atomic E-state index is 13.6. The number of carbonyl (C=O) groups excluding carboxylic acids is 1. The molecule has 0 unspecified atom stereocenters. The first-order chi connectivity index (χ1) is 9.63. The first-order valence-electron chi connectivity index (χ1n) is 7.01. The minimum atomic E-state index is -1.05. The molecule has 1 heterocycles. The molecule has 0 aromatic heterocycles. The van der Waals surface area contributed by atoms with E-state index in [2.05, 4.69) is 5.32 Å². The molecule has 20 heavy (non-hydrogen) atoms. The molecule has 1 aliphatic heterocycles. The van der Waals surface area contributed by atoms with E-state index in [1.54, 1.807) is 4.90 Å². The summed E-state index contributed by atoms with van der Waals surface area (Å²) in [5.74, 6) is -1.83. The van der Waals surface area contributed by atoms with Crippen LogP contribution < -0.4 is 5.32 Å². The SMILES string of the molecule is CNCCC1CCN(C(=O)c2cccc(F)c2F)CC1. The lowest BCUT2D eigenvalue weighted by atomic mass is 9.93. The van der Waals surface area contributed by atoms with Gasteiger partial charge in [0.25, 0.3) is 5.91 Å². The van der Waals surface area contributed by atoms with Gasteiger partial charge < -0.3 is 10.2 Å². The van der Waals surface area contributed by atoms with Crippen LogP contribution >= 0.6 is 0 Å². The number of rotatable bonds is 4. The summed E-state index contributed by atoms with van der Waals surface area (Å²) < 4.78 is 26.8. The summed E-state index contributed by atoms with van der Waals surface area (Å²) in [6.07, 6.45) is 2.93. The Labute approximate surface area is 118 Å². The van der Waals surface area contributed by atoms with Crippen molar-refractivity contribution in [3.8, 4) is 0 Å². The summed E-state index contributed by atoms with van der Waals surface area (Å²) >= 11 is 0. The van der Waals surface area contributed by atoms with Crippen LogP contribution in [0.2, 0.25) is 0 Å². The van der Waals surface area contributed by atoms with Gasteiger partial charge in [0.1, 0.15) is 0 Å². The van der Waals surface area contributed by atoms with Crippen LogP contribution in [0.5, 0.6) is 0 Å². The van der Waals surface area contributed by atoms with E-state index in [9.17, 15) is 13.6 Å². The van der Waals surface area contributed by atoms with Crippen molar-refractivity contribution in [1.82, 2.24) is 10.2 Å². The van der Waals surface area contributed by atoms with E-state index < -0.39 is 17.5 Å². The fraction of sp³-hybridized carbons (Fsp3) is 0.533. The van der Waals surface area contributed by atoms with Gasteiger partial charge in [-0.2, -0.15) is 0 Å². The highest BCUT2D eigenvalue weighted by Crippen LogP contribution is 2.22. The molecule has 0 atom stereocenters. The van der Waals surface area contributed by atoms with Crippen LogP contribution in [0.1, 0.15) is 29.6 Å². The second-order valence-corrected chi connectivity index (χ2v) is 5.23. The monoisotopic (exact) mass is 282 g/mol. The van der Waals surface area contributed by atoms with E-state index in [4.69, 9.17) is 0 Å². The number of amides is 1. The molecule has 3 nitrogen and oxygen atoms in total. The minimum Gasteiger partial charge on any atom is -0.339 e. The molecule has 2 rings (SSSR count). The molecule has 1 fully saturated rings. The molecule has 1 N–H and O–H groups in total. The fourth-order valence-corrected chi connectivity index (χ4v) is 2.61. The molecule has 0 radical (unpaired) electrons. The van der Waals surface area contributed by atoms with Gasteiger partial charge in [-0.05, 0) is 50.9 Å². The van der Waals surface area contributed by atoms with Crippen LogP contribution in [-0.4, -0.2) is 37.5 Å². The normalized spacial score (nSPS) is 16.4. The van der Waals surface area contributed by atoms with Crippen molar-refractivity contribution in [2.45, 2.75) is 19.3 Å². The highest BCUT2D eigenvalue weighted by molar-refractivity contribution is 5.94. The molecule has 0 aliphatic carbocycles. The Morgan fingerprint density at radius 1 is 1.35 bits per heavy atom. The van der Waals surface area contributed by atoms with Crippen LogP contribution in [0.25, 0.3) is 0 Å². The average molecular weight is 282 g/mol. The van der Waals surface area contributed by atoms with E-state index in [-0.39, 0.29) is 5.56 Å². The molecule has 5 heteroatoms. The molecule has 0 saturated carbocycles. The van der Waals surface area contributed by atoms with Gasteiger partial charge in [-0.3, -0.25) is 4.79 Å². The molecular formula is C15H20F2N2O. The zero-order chi connectivity index (χ0) is 14.5. The number of nitrogens with zero attached hydrogens (tertiary/aromatic N) is 1. The Kier molecular flexibility index (Phi) is 5.06. The number of carbonyl (C=O) groups is 1. The van der Waals surface area contributed by atoms with E-state index in [0.29, 0.717) is 19.0 Å². The van der Waals surface area contributed by atoms with Gasteiger partial charge in [0.15, 0.2) is 11.6 Å². The zero-order valence-corrected chi connectivity index (χ0v) is 11.7. The van der Waals surface area contributed by atoms with E-state index in [1.165, 1.54) is 12.1 Å². The summed E-state index contributed by atoms with van der Waals surface area (Å²) in [4.78, 5) is 13.8. The van der Waals surface area contributed by atoms with Crippen LogP contribution in [-0.2, 0) is 0 Å².